The monoisotopic (exact) mass is 510 g/mol. The van der Waals surface area contributed by atoms with Crippen LogP contribution in [0.2, 0.25) is 5.02 Å². The van der Waals surface area contributed by atoms with Gasteiger partial charge in [0.25, 0.3) is 0 Å². The fourth-order valence-electron chi connectivity index (χ4n) is 5.72. The molecule has 182 valence electrons. The summed E-state index contributed by atoms with van der Waals surface area (Å²) in [6.45, 7) is 8.72. The second-order valence-corrected chi connectivity index (χ2v) is 11.9. The third-order valence-corrected chi connectivity index (χ3v) is 9.03. The number of carbonyl (C=O) groups is 2. The van der Waals surface area contributed by atoms with E-state index in [9.17, 15) is 9.59 Å². The van der Waals surface area contributed by atoms with Crippen LogP contribution in [0.3, 0.4) is 0 Å². The molecule has 3 aromatic rings. The molecule has 35 heavy (non-hydrogen) atoms. The minimum Gasteiger partial charge on any atom is -0.375 e. The van der Waals surface area contributed by atoms with Gasteiger partial charge in [0.2, 0.25) is 11.8 Å². The van der Waals surface area contributed by atoms with Crippen molar-refractivity contribution >= 4 is 45.0 Å². The molecular weight excluding hydrogens is 484 g/mol. The third kappa shape index (κ3) is 3.78. The molecule has 2 saturated heterocycles. The van der Waals surface area contributed by atoms with E-state index in [2.05, 4.69) is 22.2 Å². The average Bonchev–Trinajstić information content (AvgIpc) is 3.07. The van der Waals surface area contributed by atoms with Crippen molar-refractivity contribution in [3.63, 3.8) is 0 Å². The van der Waals surface area contributed by atoms with Crippen molar-refractivity contribution in [1.29, 1.82) is 0 Å². The summed E-state index contributed by atoms with van der Waals surface area (Å²) in [5.41, 5.74) is 4.64. The molecular formula is C26H27ClN4O3S. The smallest absolute Gasteiger partial charge is 0.234 e. The molecule has 2 unspecified atom stereocenters. The van der Waals surface area contributed by atoms with Crippen LogP contribution >= 0.6 is 22.9 Å². The molecule has 6 rings (SSSR count). The van der Waals surface area contributed by atoms with Crippen LogP contribution < -0.4 is 5.32 Å². The van der Waals surface area contributed by atoms with Crippen molar-refractivity contribution in [3.05, 3.63) is 45.6 Å². The van der Waals surface area contributed by atoms with Crippen LogP contribution in [0.15, 0.2) is 24.5 Å². The van der Waals surface area contributed by atoms with E-state index in [1.165, 1.54) is 16.2 Å². The van der Waals surface area contributed by atoms with E-state index in [0.29, 0.717) is 11.6 Å². The largest absolute Gasteiger partial charge is 0.375 e. The molecule has 0 radical (unpaired) electrons. The van der Waals surface area contributed by atoms with E-state index in [0.717, 1.165) is 57.0 Å². The Balaban J connectivity index is 1.35. The second-order valence-electron chi connectivity index (χ2n) is 10.3. The van der Waals surface area contributed by atoms with Gasteiger partial charge >= 0.3 is 0 Å². The fraction of sp³-hybridized carbons (Fsp3) is 0.462. The Morgan fingerprint density at radius 3 is 2.69 bits per heavy atom. The number of amides is 2. The molecule has 3 aliphatic rings. The number of nitrogens with one attached hydrogen (secondary N) is 1. The molecule has 1 N–H and O–H groups in total. The van der Waals surface area contributed by atoms with Gasteiger partial charge in [-0.3, -0.25) is 14.5 Å². The van der Waals surface area contributed by atoms with Gasteiger partial charge in [0.1, 0.15) is 6.33 Å². The summed E-state index contributed by atoms with van der Waals surface area (Å²) in [5, 5.41) is 4.05. The first-order valence-electron chi connectivity index (χ1n) is 12.0. The first kappa shape index (κ1) is 23.0. The lowest BCUT2D eigenvalue weighted by molar-refractivity contribution is -0.143. The van der Waals surface area contributed by atoms with E-state index < -0.39 is 0 Å². The van der Waals surface area contributed by atoms with Crippen molar-refractivity contribution < 1.29 is 14.3 Å². The number of rotatable bonds is 5. The highest BCUT2D eigenvalue weighted by Crippen LogP contribution is 2.63. The molecule has 3 atom stereocenters. The van der Waals surface area contributed by atoms with E-state index in [-0.39, 0.29) is 41.7 Å². The van der Waals surface area contributed by atoms with Crippen LogP contribution in [-0.2, 0) is 27.3 Å². The molecule has 2 aliphatic heterocycles. The number of imide groups is 1. The van der Waals surface area contributed by atoms with Gasteiger partial charge in [-0.1, -0.05) is 25.4 Å². The number of hydrogen-bond donors (Lipinski definition) is 1. The van der Waals surface area contributed by atoms with Gasteiger partial charge < -0.3 is 10.1 Å². The molecule has 1 saturated carbocycles. The number of hydrogen-bond acceptors (Lipinski definition) is 7. The van der Waals surface area contributed by atoms with Crippen LogP contribution in [0.1, 0.15) is 29.9 Å². The minimum absolute atomic E-state index is 0.0531. The number of piperidine rings is 1. The molecule has 1 aromatic carbocycles. The van der Waals surface area contributed by atoms with Crippen LogP contribution in [0.25, 0.3) is 21.5 Å². The van der Waals surface area contributed by atoms with Gasteiger partial charge in [-0.15, -0.1) is 11.3 Å². The summed E-state index contributed by atoms with van der Waals surface area (Å²) >= 11 is 8.03. The lowest BCUT2D eigenvalue weighted by Gasteiger charge is -2.25. The SMILES string of the molecule is Cc1cc(Cl)cc(-c2ncnc3cc(CN4C(=O)C5C(C4=O)C5(C)C)sc23)c1C[C@@H]1CNCCO1. The maximum Gasteiger partial charge on any atom is 0.234 e. The second kappa shape index (κ2) is 8.34. The number of nitrogens with zero attached hydrogens (tertiary/aromatic N) is 3. The number of benzene rings is 1. The number of ether oxygens (including phenoxy) is 1. The van der Waals surface area contributed by atoms with Gasteiger partial charge in [-0.2, -0.15) is 0 Å². The number of carbonyl (C=O) groups excluding carboxylic acids is 2. The van der Waals surface area contributed by atoms with Crippen molar-refractivity contribution in [2.24, 2.45) is 17.3 Å². The van der Waals surface area contributed by atoms with Crippen molar-refractivity contribution in [2.45, 2.75) is 39.8 Å². The van der Waals surface area contributed by atoms with Crippen molar-refractivity contribution in [2.75, 3.05) is 19.7 Å². The van der Waals surface area contributed by atoms with E-state index in [1.807, 2.05) is 32.0 Å². The minimum atomic E-state index is -0.206. The Morgan fingerprint density at radius 1 is 1.20 bits per heavy atom. The summed E-state index contributed by atoms with van der Waals surface area (Å²) in [5.74, 6) is -0.452. The average molecular weight is 511 g/mol. The molecule has 0 spiro atoms. The normalized spacial score (nSPS) is 25.4. The van der Waals surface area contributed by atoms with Crippen molar-refractivity contribution in [1.82, 2.24) is 20.2 Å². The zero-order valence-corrected chi connectivity index (χ0v) is 21.5. The fourth-order valence-corrected chi connectivity index (χ4v) is 7.10. The molecule has 3 fully saturated rings. The van der Waals surface area contributed by atoms with Gasteiger partial charge in [0.05, 0.1) is 47.0 Å². The van der Waals surface area contributed by atoms with Crippen LogP contribution in [-0.4, -0.2) is 52.5 Å². The highest BCUT2D eigenvalue weighted by Gasteiger charge is 2.72. The topological polar surface area (TPSA) is 84.4 Å². The summed E-state index contributed by atoms with van der Waals surface area (Å²) < 4.78 is 6.90. The van der Waals surface area contributed by atoms with Crippen molar-refractivity contribution in [3.8, 4) is 11.3 Å². The number of halogens is 1. The number of aromatic nitrogens is 2. The number of likely N-dealkylation sites (tertiary alicyclic amines) is 1. The standard InChI is InChI=1S/C26H27ClN4O3S/c1-13-6-14(27)7-18(17(13)8-15-10-28-4-5-34-15)22-23-19(29-12-30-22)9-16(35-23)11-31-24(32)20-21(25(31)33)26(20,2)3/h6-7,9,12,15,20-21,28H,4-5,8,10-11H2,1-3H3/t15-,20?,21?/m1/s1. The molecule has 9 heteroatoms. The Bertz CT molecular complexity index is 1340. The highest BCUT2D eigenvalue weighted by atomic mass is 35.5. The zero-order valence-electron chi connectivity index (χ0n) is 19.9. The third-order valence-electron chi connectivity index (χ3n) is 7.70. The number of fused-ring (bicyclic) bond motifs is 2. The summed E-state index contributed by atoms with van der Waals surface area (Å²) in [7, 11) is 0. The molecule has 1 aliphatic carbocycles. The maximum absolute atomic E-state index is 12.8. The van der Waals surface area contributed by atoms with Gasteiger partial charge in [0.15, 0.2) is 0 Å². The predicted molar refractivity (Wildman–Crippen MR) is 135 cm³/mol. The lowest BCUT2D eigenvalue weighted by atomic mass is 9.94. The first-order chi connectivity index (χ1) is 16.8. The van der Waals surface area contributed by atoms with Gasteiger partial charge in [-0.25, -0.2) is 9.97 Å². The van der Waals surface area contributed by atoms with Crippen LogP contribution in [0.4, 0.5) is 0 Å². The quantitative estimate of drug-likeness (QED) is 0.522. The summed E-state index contributed by atoms with van der Waals surface area (Å²) in [4.78, 5) is 37.2. The van der Waals surface area contributed by atoms with Gasteiger partial charge in [0, 0.05) is 35.0 Å². The molecule has 0 bridgehead atoms. The lowest BCUT2D eigenvalue weighted by Crippen LogP contribution is -2.39. The van der Waals surface area contributed by atoms with Crippen LogP contribution in [0.5, 0.6) is 0 Å². The van der Waals surface area contributed by atoms with E-state index in [1.54, 1.807) is 6.33 Å². The Labute approximate surface area is 212 Å². The number of thiophene rings is 1. The van der Waals surface area contributed by atoms with Crippen LogP contribution in [0, 0.1) is 24.2 Å². The molecule has 7 nitrogen and oxygen atoms in total. The Kier molecular flexibility index (Phi) is 5.49. The first-order valence-corrected chi connectivity index (χ1v) is 13.2. The highest BCUT2D eigenvalue weighted by molar-refractivity contribution is 7.19. The Hall–Kier alpha value is -2.39. The predicted octanol–water partition coefficient (Wildman–Crippen LogP) is 3.99. The zero-order chi connectivity index (χ0) is 24.5. The van der Waals surface area contributed by atoms with E-state index >= 15 is 0 Å². The van der Waals surface area contributed by atoms with Gasteiger partial charge in [-0.05, 0) is 41.7 Å². The number of morpholine rings is 1. The maximum atomic E-state index is 12.8. The molecule has 2 aromatic heterocycles. The molecule has 2 amide bonds. The van der Waals surface area contributed by atoms with E-state index in [4.69, 9.17) is 16.3 Å². The number of aryl methyl sites for hydroxylation is 1. The Morgan fingerprint density at radius 2 is 1.97 bits per heavy atom. The summed E-state index contributed by atoms with van der Waals surface area (Å²) in [6.07, 6.45) is 2.41. The molecule has 4 heterocycles. The summed E-state index contributed by atoms with van der Waals surface area (Å²) in [6, 6.07) is 5.91.